The van der Waals surface area contributed by atoms with Crippen molar-refractivity contribution in [2.24, 2.45) is 0 Å². The molecule has 3 N–H and O–H groups in total. The highest BCUT2D eigenvalue weighted by Gasteiger charge is 2.17. The second-order valence-corrected chi connectivity index (χ2v) is 4.26. The third-order valence-electron chi connectivity index (χ3n) is 2.83. The molecule has 7 heteroatoms. The van der Waals surface area contributed by atoms with Gasteiger partial charge in [0.1, 0.15) is 23.7 Å². The van der Waals surface area contributed by atoms with Gasteiger partial charge in [-0.25, -0.2) is 14.8 Å². The molecular formula is C14H15N3O4. The van der Waals surface area contributed by atoms with Crippen molar-refractivity contribution in [3.8, 4) is 11.5 Å². The van der Waals surface area contributed by atoms with Crippen molar-refractivity contribution in [3.05, 3.63) is 41.2 Å². The van der Waals surface area contributed by atoms with Gasteiger partial charge in [0.15, 0.2) is 0 Å². The lowest BCUT2D eigenvalue weighted by Crippen LogP contribution is -2.14. The fourth-order valence-corrected chi connectivity index (χ4v) is 1.86. The zero-order valence-electron chi connectivity index (χ0n) is 11.7. The monoisotopic (exact) mass is 289 g/mol. The first-order chi connectivity index (χ1) is 10.0. The molecule has 110 valence electrons. The maximum Gasteiger partial charge on any atom is 0.339 e. The van der Waals surface area contributed by atoms with Crippen LogP contribution in [-0.4, -0.2) is 28.2 Å². The van der Waals surface area contributed by atoms with E-state index in [1.807, 2.05) is 0 Å². The molecule has 0 aliphatic carbocycles. The number of hydrogen-bond acceptors (Lipinski definition) is 6. The van der Waals surface area contributed by atoms with E-state index in [0.29, 0.717) is 17.2 Å². The van der Waals surface area contributed by atoms with Crippen molar-refractivity contribution in [2.75, 3.05) is 12.8 Å². The van der Waals surface area contributed by atoms with Crippen LogP contribution in [0.3, 0.4) is 0 Å². The van der Waals surface area contributed by atoms with Gasteiger partial charge < -0.3 is 20.3 Å². The van der Waals surface area contributed by atoms with Crippen LogP contribution in [0.2, 0.25) is 0 Å². The Hall–Kier alpha value is -2.83. The van der Waals surface area contributed by atoms with E-state index in [0.717, 1.165) is 0 Å². The zero-order valence-corrected chi connectivity index (χ0v) is 11.7. The number of carbonyl (C=O) groups is 1. The average molecular weight is 289 g/mol. The number of nitrogens with zero attached hydrogens (tertiary/aromatic N) is 2. The van der Waals surface area contributed by atoms with Gasteiger partial charge in [-0.15, -0.1) is 0 Å². The standard InChI is InChI=1S/C14H15N3O4/c1-8-12(13(18)19)11(17-14(15)16-8)7-21-10-5-3-9(20-2)4-6-10/h3-6H,7H2,1-2H3,(H,18,19)(H2,15,16,17). The quantitative estimate of drug-likeness (QED) is 0.861. The first kappa shape index (κ1) is 14.6. The lowest BCUT2D eigenvalue weighted by molar-refractivity contribution is 0.0691. The fraction of sp³-hybridized carbons (Fsp3) is 0.214. The molecule has 2 rings (SSSR count). The normalized spacial score (nSPS) is 10.2. The number of aromatic carboxylic acids is 1. The Morgan fingerprint density at radius 2 is 1.86 bits per heavy atom. The Morgan fingerprint density at radius 1 is 1.24 bits per heavy atom. The Kier molecular flexibility index (Phi) is 4.22. The summed E-state index contributed by atoms with van der Waals surface area (Å²) in [5.74, 6) is 0.185. The number of hydrogen-bond donors (Lipinski definition) is 2. The smallest absolute Gasteiger partial charge is 0.339 e. The van der Waals surface area contributed by atoms with Crippen LogP contribution in [0.25, 0.3) is 0 Å². The van der Waals surface area contributed by atoms with Gasteiger partial charge in [-0.2, -0.15) is 0 Å². The number of carboxylic acid groups (broad SMARTS) is 1. The topological polar surface area (TPSA) is 108 Å². The minimum atomic E-state index is -1.11. The second kappa shape index (κ2) is 6.08. The number of rotatable bonds is 5. The molecule has 0 unspecified atom stereocenters. The first-order valence-corrected chi connectivity index (χ1v) is 6.14. The van der Waals surface area contributed by atoms with Crippen LogP contribution in [0.1, 0.15) is 21.7 Å². The molecule has 0 aliphatic rings. The van der Waals surface area contributed by atoms with Crippen LogP contribution in [0.4, 0.5) is 5.95 Å². The summed E-state index contributed by atoms with van der Waals surface area (Å²) in [7, 11) is 1.57. The van der Waals surface area contributed by atoms with Crippen molar-refractivity contribution in [2.45, 2.75) is 13.5 Å². The summed E-state index contributed by atoms with van der Waals surface area (Å²) in [4.78, 5) is 19.0. The highest BCUT2D eigenvalue weighted by Crippen LogP contribution is 2.19. The van der Waals surface area contributed by atoms with Crippen LogP contribution < -0.4 is 15.2 Å². The van der Waals surface area contributed by atoms with Gasteiger partial charge in [0.25, 0.3) is 0 Å². The number of methoxy groups -OCH3 is 1. The SMILES string of the molecule is COc1ccc(OCc2nc(N)nc(C)c2C(=O)O)cc1. The number of aryl methyl sites for hydroxylation is 1. The summed E-state index contributed by atoms with van der Waals surface area (Å²) in [6.45, 7) is 1.56. The first-order valence-electron chi connectivity index (χ1n) is 6.14. The third-order valence-corrected chi connectivity index (χ3v) is 2.83. The van der Waals surface area contributed by atoms with Crippen molar-refractivity contribution < 1.29 is 19.4 Å². The Balaban J connectivity index is 2.20. The van der Waals surface area contributed by atoms with Gasteiger partial charge in [-0.05, 0) is 31.2 Å². The van der Waals surface area contributed by atoms with Gasteiger partial charge in [0, 0.05) is 0 Å². The third kappa shape index (κ3) is 3.38. The fourth-order valence-electron chi connectivity index (χ4n) is 1.86. The number of nitrogens with two attached hydrogens (primary N) is 1. The van der Waals surface area contributed by atoms with Crippen molar-refractivity contribution in [1.29, 1.82) is 0 Å². The van der Waals surface area contributed by atoms with Crippen molar-refractivity contribution in [1.82, 2.24) is 9.97 Å². The van der Waals surface area contributed by atoms with Crippen LogP contribution in [0.5, 0.6) is 11.5 Å². The molecule has 0 saturated carbocycles. The Labute approximate surface area is 121 Å². The Bertz CT molecular complexity index is 656. The minimum absolute atomic E-state index is 0.0118. The van der Waals surface area contributed by atoms with E-state index in [4.69, 9.17) is 15.2 Å². The van der Waals surface area contributed by atoms with Crippen LogP contribution in [-0.2, 0) is 6.61 Å². The van der Waals surface area contributed by atoms with E-state index < -0.39 is 5.97 Å². The molecule has 1 aromatic heterocycles. The number of ether oxygens (including phenoxy) is 2. The van der Waals surface area contributed by atoms with Crippen LogP contribution >= 0.6 is 0 Å². The van der Waals surface area contributed by atoms with E-state index in [1.165, 1.54) is 0 Å². The summed E-state index contributed by atoms with van der Waals surface area (Å²) >= 11 is 0. The number of carboxylic acids is 1. The minimum Gasteiger partial charge on any atom is -0.497 e. The largest absolute Gasteiger partial charge is 0.497 e. The van der Waals surface area contributed by atoms with Gasteiger partial charge >= 0.3 is 5.97 Å². The zero-order chi connectivity index (χ0) is 15.4. The predicted octanol–water partition coefficient (Wildman–Crippen LogP) is 1.65. The summed E-state index contributed by atoms with van der Waals surface area (Å²) < 4.78 is 10.6. The van der Waals surface area contributed by atoms with Crippen molar-refractivity contribution in [3.63, 3.8) is 0 Å². The molecule has 0 spiro atoms. The lowest BCUT2D eigenvalue weighted by atomic mass is 10.1. The summed E-state index contributed by atoms with van der Waals surface area (Å²) in [6.07, 6.45) is 0. The molecule has 0 amide bonds. The molecule has 0 saturated heterocycles. The maximum absolute atomic E-state index is 11.3. The van der Waals surface area contributed by atoms with E-state index in [1.54, 1.807) is 38.3 Å². The molecule has 2 aromatic rings. The predicted molar refractivity (Wildman–Crippen MR) is 75.5 cm³/mol. The number of anilines is 1. The molecule has 1 aromatic carbocycles. The molecule has 0 atom stereocenters. The highest BCUT2D eigenvalue weighted by molar-refractivity contribution is 5.90. The number of benzene rings is 1. The molecule has 0 radical (unpaired) electrons. The maximum atomic E-state index is 11.3. The van der Waals surface area contributed by atoms with Gasteiger partial charge in [0.05, 0.1) is 18.5 Å². The molecule has 21 heavy (non-hydrogen) atoms. The summed E-state index contributed by atoms with van der Waals surface area (Å²) in [5, 5.41) is 9.21. The van der Waals surface area contributed by atoms with Gasteiger partial charge in [-0.3, -0.25) is 0 Å². The second-order valence-electron chi connectivity index (χ2n) is 4.26. The molecular weight excluding hydrogens is 274 g/mol. The summed E-state index contributed by atoms with van der Waals surface area (Å²) in [5.41, 5.74) is 6.11. The lowest BCUT2D eigenvalue weighted by Gasteiger charge is -2.10. The molecule has 1 heterocycles. The van der Waals surface area contributed by atoms with E-state index >= 15 is 0 Å². The molecule has 0 aliphatic heterocycles. The summed E-state index contributed by atoms with van der Waals surface area (Å²) in [6, 6.07) is 6.92. The van der Waals surface area contributed by atoms with E-state index in [-0.39, 0.29) is 23.8 Å². The van der Waals surface area contributed by atoms with Crippen LogP contribution in [0, 0.1) is 6.92 Å². The number of aromatic nitrogens is 2. The van der Waals surface area contributed by atoms with Crippen molar-refractivity contribution >= 4 is 11.9 Å². The Morgan fingerprint density at radius 3 is 2.43 bits per heavy atom. The average Bonchev–Trinajstić information content (AvgIpc) is 2.44. The van der Waals surface area contributed by atoms with Gasteiger partial charge in [-0.1, -0.05) is 0 Å². The van der Waals surface area contributed by atoms with E-state index in [2.05, 4.69) is 9.97 Å². The number of nitrogen functional groups attached to an aromatic ring is 1. The van der Waals surface area contributed by atoms with E-state index in [9.17, 15) is 9.90 Å². The van der Waals surface area contributed by atoms with Gasteiger partial charge in [0.2, 0.25) is 5.95 Å². The molecule has 7 nitrogen and oxygen atoms in total. The molecule has 0 fully saturated rings. The highest BCUT2D eigenvalue weighted by atomic mass is 16.5. The van der Waals surface area contributed by atoms with Crippen LogP contribution in [0.15, 0.2) is 24.3 Å². The molecule has 0 bridgehead atoms.